The minimum absolute atomic E-state index is 0.493. The molecule has 1 unspecified atom stereocenters. The van der Waals surface area contributed by atoms with Crippen LogP contribution in [-0.2, 0) is 0 Å². The molecule has 1 aliphatic heterocycles. The molecule has 16 heavy (non-hydrogen) atoms. The Morgan fingerprint density at radius 1 is 1.25 bits per heavy atom. The van der Waals surface area contributed by atoms with Gasteiger partial charge in [0.15, 0.2) is 0 Å². The third kappa shape index (κ3) is 2.49. The molecule has 1 atom stereocenters. The van der Waals surface area contributed by atoms with Crippen LogP contribution in [0, 0.1) is 5.92 Å². The van der Waals surface area contributed by atoms with Gasteiger partial charge in [0.25, 0.3) is 0 Å². The van der Waals surface area contributed by atoms with E-state index in [9.17, 15) is 5.11 Å². The van der Waals surface area contributed by atoms with Crippen LogP contribution in [0.25, 0.3) is 0 Å². The molecule has 0 saturated carbocycles. The maximum absolute atomic E-state index is 9.66. The number of aliphatic hydroxyl groups is 1. The van der Waals surface area contributed by atoms with E-state index >= 15 is 0 Å². The highest BCUT2D eigenvalue weighted by Gasteiger charge is 2.22. The number of hydrogen-bond acceptors (Lipinski definition) is 2. The molecule has 2 nitrogen and oxygen atoms in total. The van der Waals surface area contributed by atoms with Crippen molar-refractivity contribution in [3.05, 3.63) is 23.0 Å². The molecule has 0 aromatic carbocycles. The fourth-order valence-electron chi connectivity index (χ4n) is 2.76. The van der Waals surface area contributed by atoms with Crippen LogP contribution >= 0.6 is 0 Å². The van der Waals surface area contributed by atoms with Gasteiger partial charge in [0.2, 0.25) is 0 Å². The zero-order valence-electron chi connectivity index (χ0n) is 10.5. The lowest BCUT2D eigenvalue weighted by atomic mass is 9.87. The Hall–Kier alpha value is -0.760. The molecule has 1 fully saturated rings. The summed E-state index contributed by atoms with van der Waals surface area (Å²) in [5.74, 6) is 1.11. The van der Waals surface area contributed by atoms with Gasteiger partial charge in [0.1, 0.15) is 5.76 Å². The smallest absolute Gasteiger partial charge is 0.114 e. The largest absolute Gasteiger partial charge is 0.508 e. The third-order valence-corrected chi connectivity index (χ3v) is 4.11. The second kappa shape index (κ2) is 5.05. The number of aliphatic hydroxyl groups excluding tert-OH is 1. The van der Waals surface area contributed by atoms with Gasteiger partial charge in [-0.3, -0.25) is 0 Å². The molecule has 90 valence electrons. The molecule has 2 rings (SSSR count). The monoisotopic (exact) mass is 221 g/mol. The van der Waals surface area contributed by atoms with E-state index in [0.29, 0.717) is 11.7 Å². The molecule has 1 aliphatic carbocycles. The predicted molar refractivity (Wildman–Crippen MR) is 67.5 cm³/mol. The van der Waals surface area contributed by atoms with Crippen LogP contribution in [0.2, 0.25) is 0 Å². The van der Waals surface area contributed by atoms with E-state index in [-0.39, 0.29) is 0 Å². The lowest BCUT2D eigenvalue weighted by Gasteiger charge is -2.32. The highest BCUT2D eigenvalue weighted by molar-refractivity contribution is 5.33. The standard InChI is InChI=1S/C14H23NO/c1-11-12(2)14(16)7-6-13(11)10-15-8-4-3-5-9-15/h7,13,16H,3-6,8-10H2,1-2H3. The molecule has 1 saturated heterocycles. The number of hydrogen-bond donors (Lipinski definition) is 1. The molecular formula is C14H23NO. The van der Waals surface area contributed by atoms with E-state index in [2.05, 4.69) is 11.8 Å². The first kappa shape index (κ1) is 11.7. The summed E-state index contributed by atoms with van der Waals surface area (Å²) >= 11 is 0. The lowest BCUT2D eigenvalue weighted by molar-refractivity contribution is 0.204. The summed E-state index contributed by atoms with van der Waals surface area (Å²) in [4.78, 5) is 2.58. The van der Waals surface area contributed by atoms with E-state index in [1.54, 1.807) is 0 Å². The molecule has 0 aromatic rings. The first-order chi connectivity index (χ1) is 7.68. The molecule has 2 aliphatic rings. The summed E-state index contributed by atoms with van der Waals surface area (Å²) in [5.41, 5.74) is 2.47. The van der Waals surface area contributed by atoms with Gasteiger partial charge in [0, 0.05) is 6.54 Å². The van der Waals surface area contributed by atoms with Crippen LogP contribution in [-0.4, -0.2) is 29.6 Å². The van der Waals surface area contributed by atoms with Crippen molar-refractivity contribution in [3.63, 3.8) is 0 Å². The second-order valence-corrected chi connectivity index (χ2v) is 5.19. The SMILES string of the molecule is CC1=C(C)C(CN2CCCCC2)CC=C1O. The van der Waals surface area contributed by atoms with Crippen molar-refractivity contribution in [2.24, 2.45) is 5.92 Å². The summed E-state index contributed by atoms with van der Waals surface area (Å²) in [6, 6.07) is 0. The van der Waals surface area contributed by atoms with Crippen molar-refractivity contribution >= 4 is 0 Å². The maximum atomic E-state index is 9.66. The maximum Gasteiger partial charge on any atom is 0.114 e. The Morgan fingerprint density at radius 3 is 2.62 bits per heavy atom. The van der Waals surface area contributed by atoms with Gasteiger partial charge in [-0.15, -0.1) is 0 Å². The minimum atomic E-state index is 0.493. The average molecular weight is 221 g/mol. The Morgan fingerprint density at radius 2 is 1.94 bits per heavy atom. The van der Waals surface area contributed by atoms with Crippen LogP contribution in [0.5, 0.6) is 0 Å². The predicted octanol–water partition coefficient (Wildman–Crippen LogP) is 3.27. The summed E-state index contributed by atoms with van der Waals surface area (Å²) in [5, 5.41) is 9.66. The number of rotatable bonds is 2. The second-order valence-electron chi connectivity index (χ2n) is 5.19. The van der Waals surface area contributed by atoms with Crippen LogP contribution < -0.4 is 0 Å². The Balaban J connectivity index is 1.96. The lowest BCUT2D eigenvalue weighted by Crippen LogP contribution is -2.35. The summed E-state index contributed by atoms with van der Waals surface area (Å²) in [6.45, 7) is 7.90. The molecule has 1 N–H and O–H groups in total. The average Bonchev–Trinajstić information content (AvgIpc) is 2.31. The van der Waals surface area contributed by atoms with E-state index < -0.39 is 0 Å². The Kier molecular flexibility index (Phi) is 3.70. The van der Waals surface area contributed by atoms with Crippen molar-refractivity contribution in [1.29, 1.82) is 0 Å². The zero-order valence-corrected chi connectivity index (χ0v) is 10.5. The number of likely N-dealkylation sites (tertiary alicyclic amines) is 1. The summed E-state index contributed by atoms with van der Waals surface area (Å²) in [7, 11) is 0. The molecule has 0 bridgehead atoms. The van der Waals surface area contributed by atoms with Gasteiger partial charge in [0.05, 0.1) is 0 Å². The first-order valence-electron chi connectivity index (χ1n) is 6.47. The summed E-state index contributed by atoms with van der Waals surface area (Å²) < 4.78 is 0. The van der Waals surface area contributed by atoms with Gasteiger partial charge in [-0.25, -0.2) is 0 Å². The van der Waals surface area contributed by atoms with Crippen molar-refractivity contribution in [3.8, 4) is 0 Å². The topological polar surface area (TPSA) is 23.5 Å². The van der Waals surface area contributed by atoms with Gasteiger partial charge in [-0.2, -0.15) is 0 Å². The molecule has 1 heterocycles. The van der Waals surface area contributed by atoms with E-state index in [4.69, 9.17) is 0 Å². The minimum Gasteiger partial charge on any atom is -0.508 e. The molecule has 0 radical (unpaired) electrons. The molecule has 0 aromatic heterocycles. The van der Waals surface area contributed by atoms with Crippen molar-refractivity contribution in [2.45, 2.75) is 39.5 Å². The fraction of sp³-hybridized carbons (Fsp3) is 0.714. The third-order valence-electron chi connectivity index (χ3n) is 4.11. The van der Waals surface area contributed by atoms with E-state index in [1.165, 1.54) is 44.5 Å². The van der Waals surface area contributed by atoms with Crippen molar-refractivity contribution in [2.75, 3.05) is 19.6 Å². The Labute approximate surface area is 98.6 Å². The van der Waals surface area contributed by atoms with E-state index in [1.807, 2.05) is 13.0 Å². The highest BCUT2D eigenvalue weighted by Crippen LogP contribution is 2.29. The van der Waals surface area contributed by atoms with Crippen LogP contribution in [0.4, 0.5) is 0 Å². The van der Waals surface area contributed by atoms with Crippen LogP contribution in [0.3, 0.4) is 0 Å². The van der Waals surface area contributed by atoms with Gasteiger partial charge in [-0.05, 0) is 63.8 Å². The van der Waals surface area contributed by atoms with Crippen LogP contribution in [0.15, 0.2) is 23.0 Å². The molecule has 0 amide bonds. The van der Waals surface area contributed by atoms with E-state index in [0.717, 1.165) is 12.0 Å². The molecule has 0 spiro atoms. The van der Waals surface area contributed by atoms with Crippen molar-refractivity contribution < 1.29 is 5.11 Å². The zero-order chi connectivity index (χ0) is 11.5. The van der Waals surface area contributed by atoms with Crippen LogP contribution in [0.1, 0.15) is 39.5 Å². The summed E-state index contributed by atoms with van der Waals surface area (Å²) in [6.07, 6.45) is 7.10. The Bertz CT molecular complexity index is 311. The quantitative estimate of drug-likeness (QED) is 0.773. The normalized spacial score (nSPS) is 28.1. The number of nitrogens with zero attached hydrogens (tertiary/aromatic N) is 1. The van der Waals surface area contributed by atoms with Crippen molar-refractivity contribution in [1.82, 2.24) is 4.90 Å². The fourth-order valence-corrected chi connectivity index (χ4v) is 2.76. The van der Waals surface area contributed by atoms with Gasteiger partial charge < -0.3 is 10.0 Å². The first-order valence-corrected chi connectivity index (χ1v) is 6.47. The molecule has 2 heteroatoms. The molecular weight excluding hydrogens is 198 g/mol. The van der Waals surface area contributed by atoms with Gasteiger partial charge in [-0.1, -0.05) is 12.0 Å². The number of piperidine rings is 1. The van der Waals surface area contributed by atoms with Gasteiger partial charge >= 0.3 is 0 Å². The highest BCUT2D eigenvalue weighted by atomic mass is 16.3. The number of allylic oxidation sites excluding steroid dienone is 2.